The minimum atomic E-state index is -1.17. The van der Waals surface area contributed by atoms with Gasteiger partial charge in [-0.15, -0.1) is 0 Å². The second-order valence-corrected chi connectivity index (χ2v) is 34.1. The lowest BCUT2D eigenvalue weighted by Gasteiger charge is -2.21. The van der Waals surface area contributed by atoms with Gasteiger partial charge < -0.3 is 58.3 Å². The van der Waals surface area contributed by atoms with Gasteiger partial charge in [0, 0.05) is 87.2 Å². The Labute approximate surface area is 556 Å². The third-order valence-electron chi connectivity index (χ3n) is 15.5. The molecule has 4 aliphatic rings. The number of unbranched alkanes of at least 4 members (excludes halogenated alkanes) is 4. The van der Waals surface area contributed by atoms with Crippen LogP contribution < -0.4 is 18.9 Å². The number of benzene rings is 4. The summed E-state index contributed by atoms with van der Waals surface area (Å²) >= 11 is 0. The van der Waals surface area contributed by atoms with Gasteiger partial charge in [0.25, 0.3) is 0 Å². The van der Waals surface area contributed by atoms with Crippen molar-refractivity contribution in [2.45, 2.75) is 180 Å². The molecule has 0 spiro atoms. The number of carbonyl (C=O) groups is 4. The molecule has 4 N–H and O–H groups in total. The number of fused-ring (bicyclic) bond motifs is 2. The average Bonchev–Trinajstić information content (AvgIpc) is 1.61. The van der Waals surface area contributed by atoms with Crippen LogP contribution in [0.25, 0.3) is 21.5 Å². The average molecular weight is 1380 g/mol. The molecule has 4 aromatic carbocycles. The zero-order valence-corrected chi connectivity index (χ0v) is 57.2. The minimum absolute atomic E-state index is 0.132. The zero-order valence-electron chi connectivity index (χ0n) is 50.7. The molecular formula is C65H88O16S8. The SMILES string of the molecule is O=C(CCCCC1CCSS1)OCC(O)COc1ccc2ccc(OCC(O)COC(=O)CCCCC3CCSS3)c(Cc3c(OCC(O)COC(=O)CCCCC4CCSS4)ccc4ccc(OCC(O)COC(=O)CCCCC5CCSS5)cc34)c2c1. The Morgan fingerprint density at radius 1 is 0.382 bits per heavy atom. The molecule has 4 heterocycles. The van der Waals surface area contributed by atoms with Crippen LogP contribution in [0.15, 0.2) is 60.7 Å². The monoisotopic (exact) mass is 1380 g/mol. The summed E-state index contributed by atoms with van der Waals surface area (Å²) in [6, 6.07) is 18.3. The molecule has 8 rings (SSSR count). The van der Waals surface area contributed by atoms with E-state index in [1.54, 1.807) is 24.3 Å². The van der Waals surface area contributed by atoms with E-state index in [0.717, 1.165) is 86.5 Å². The fourth-order valence-corrected chi connectivity index (χ4v) is 22.6. The highest BCUT2D eigenvalue weighted by Gasteiger charge is 2.24. The van der Waals surface area contributed by atoms with E-state index in [1.165, 1.54) is 37.2 Å². The number of carbonyl (C=O) groups excluding carboxylic acids is 4. The van der Waals surface area contributed by atoms with E-state index >= 15 is 0 Å². The standard InChI is InChI=1S/C65H88O16S8/c66-46(40-78-62(70)13-5-1-9-52-25-29-82-86-52)36-74-50-21-17-44-19-23-60(76-38-48(68)42-80-64(72)15-7-3-11-54-27-31-84-88-54)58(56(44)33-50)35-59-57-34-51(75-37-47(67)41-79-63(71)14-6-2-10-53-26-30-83-87-53)22-18-45(57)20-24-61(59)77-39-49(69)43-81-65(73)16-8-4-12-55-28-32-85-89-55/h17-24,33-34,46-49,52-55,66-69H,1-16,25-32,35-43H2. The first-order valence-electron chi connectivity index (χ1n) is 31.5. The van der Waals surface area contributed by atoms with Gasteiger partial charge in [-0.25, -0.2) is 0 Å². The molecular weight excluding hydrogens is 1290 g/mol. The molecule has 4 fully saturated rings. The predicted octanol–water partition coefficient (Wildman–Crippen LogP) is 13.6. The highest BCUT2D eigenvalue weighted by Crippen LogP contribution is 2.43. The highest BCUT2D eigenvalue weighted by molar-refractivity contribution is 8.78. The van der Waals surface area contributed by atoms with Crippen molar-refractivity contribution in [1.82, 2.24) is 0 Å². The van der Waals surface area contributed by atoms with Crippen LogP contribution in [0.2, 0.25) is 0 Å². The molecule has 0 bridgehead atoms. The largest absolute Gasteiger partial charge is 0.491 e. The Kier molecular flexibility index (Phi) is 32.7. The predicted molar refractivity (Wildman–Crippen MR) is 368 cm³/mol. The number of rotatable bonds is 42. The van der Waals surface area contributed by atoms with E-state index in [9.17, 15) is 39.6 Å². The lowest BCUT2D eigenvalue weighted by Crippen LogP contribution is -2.26. The van der Waals surface area contributed by atoms with Crippen molar-refractivity contribution in [3.05, 3.63) is 71.8 Å². The lowest BCUT2D eigenvalue weighted by atomic mass is 9.93. The molecule has 8 atom stereocenters. The molecule has 24 heteroatoms. The summed E-state index contributed by atoms with van der Waals surface area (Å²) < 4.78 is 47.2. The first-order chi connectivity index (χ1) is 43.4. The van der Waals surface area contributed by atoms with E-state index in [1.807, 2.05) is 123 Å². The van der Waals surface area contributed by atoms with Crippen LogP contribution in [0.1, 0.15) is 140 Å². The second-order valence-electron chi connectivity index (χ2n) is 22.9. The second kappa shape index (κ2) is 40.4. The maximum atomic E-state index is 12.8. The normalized spacial score (nSPS) is 19.6. The number of aliphatic hydroxyl groups is 4. The quantitative estimate of drug-likeness (QED) is 0.0140. The molecule has 4 saturated heterocycles. The summed E-state index contributed by atoms with van der Waals surface area (Å²) in [6.07, 6.45) is 12.4. The first-order valence-corrected chi connectivity index (χ1v) is 41.0. The summed E-state index contributed by atoms with van der Waals surface area (Å²) in [7, 11) is 15.3. The third-order valence-corrected chi connectivity index (χ3v) is 27.5. The maximum Gasteiger partial charge on any atom is 0.305 e. The Morgan fingerprint density at radius 2 is 0.674 bits per heavy atom. The Morgan fingerprint density at radius 3 is 0.966 bits per heavy atom. The smallest absolute Gasteiger partial charge is 0.305 e. The summed E-state index contributed by atoms with van der Waals surface area (Å²) in [6.45, 7) is -1.75. The first kappa shape index (κ1) is 72.0. The maximum absolute atomic E-state index is 12.8. The van der Waals surface area contributed by atoms with Gasteiger partial charge >= 0.3 is 23.9 Å². The Hall–Kier alpha value is -2.88. The van der Waals surface area contributed by atoms with Gasteiger partial charge in [-0.2, -0.15) is 0 Å². The topological polar surface area (TPSA) is 223 Å². The number of esters is 4. The van der Waals surface area contributed by atoms with Crippen molar-refractivity contribution in [3.8, 4) is 23.0 Å². The number of hydrogen-bond acceptors (Lipinski definition) is 24. The van der Waals surface area contributed by atoms with Crippen LogP contribution in [0.3, 0.4) is 0 Å². The van der Waals surface area contributed by atoms with Gasteiger partial charge in [0.05, 0.1) is 0 Å². The minimum Gasteiger partial charge on any atom is -0.491 e. The van der Waals surface area contributed by atoms with E-state index in [-0.39, 0.29) is 109 Å². The van der Waals surface area contributed by atoms with Crippen molar-refractivity contribution in [1.29, 1.82) is 0 Å². The van der Waals surface area contributed by atoms with Gasteiger partial charge in [0.1, 0.15) is 100 Å². The van der Waals surface area contributed by atoms with E-state index < -0.39 is 24.4 Å². The zero-order chi connectivity index (χ0) is 62.4. The summed E-state index contributed by atoms with van der Waals surface area (Å²) in [4.78, 5) is 50.8. The summed E-state index contributed by atoms with van der Waals surface area (Å²) in [5.74, 6) is 4.78. The Balaban J connectivity index is 0.976. The number of ether oxygens (including phenoxy) is 8. The van der Waals surface area contributed by atoms with Crippen LogP contribution in [-0.2, 0) is 44.5 Å². The molecule has 4 aliphatic heterocycles. The van der Waals surface area contributed by atoms with E-state index in [4.69, 9.17) is 37.9 Å². The molecule has 16 nitrogen and oxygen atoms in total. The fourth-order valence-electron chi connectivity index (χ4n) is 10.5. The van der Waals surface area contributed by atoms with Crippen LogP contribution in [-0.4, -0.2) is 166 Å². The molecule has 0 saturated carbocycles. The van der Waals surface area contributed by atoms with E-state index in [2.05, 4.69) is 0 Å². The van der Waals surface area contributed by atoms with Crippen molar-refractivity contribution in [3.63, 3.8) is 0 Å². The summed E-state index contributed by atoms with van der Waals surface area (Å²) in [5, 5.41) is 49.9. The van der Waals surface area contributed by atoms with Crippen molar-refractivity contribution < 1.29 is 77.5 Å². The number of aliphatic hydroxyl groups excluding tert-OH is 4. The summed E-state index contributed by atoms with van der Waals surface area (Å²) in [5.41, 5.74) is 1.29. The van der Waals surface area contributed by atoms with Crippen molar-refractivity contribution in [2.24, 2.45) is 0 Å². The molecule has 0 aromatic heterocycles. The Bertz CT molecular complexity index is 2600. The van der Waals surface area contributed by atoms with E-state index in [0.29, 0.717) is 78.7 Å². The van der Waals surface area contributed by atoms with Crippen molar-refractivity contribution in [2.75, 3.05) is 75.9 Å². The highest BCUT2D eigenvalue weighted by atomic mass is 33.1. The molecule has 0 aliphatic carbocycles. The molecule has 4 aromatic rings. The molecule has 492 valence electrons. The van der Waals surface area contributed by atoms with Crippen molar-refractivity contribution >= 4 is 132 Å². The van der Waals surface area contributed by atoms with Gasteiger partial charge in [-0.3, -0.25) is 19.2 Å². The van der Waals surface area contributed by atoms with Gasteiger partial charge in [-0.1, -0.05) is 136 Å². The molecule has 0 radical (unpaired) electrons. The van der Waals surface area contributed by atoms with Gasteiger partial charge in [0.2, 0.25) is 0 Å². The fraction of sp³-hybridized carbons (Fsp3) is 0.631. The van der Waals surface area contributed by atoms with Crippen LogP contribution in [0.5, 0.6) is 23.0 Å². The van der Waals surface area contributed by atoms with Crippen LogP contribution in [0.4, 0.5) is 0 Å². The number of hydrogen-bond donors (Lipinski definition) is 4. The van der Waals surface area contributed by atoms with Gasteiger partial charge in [-0.05, 0) is 135 Å². The molecule has 89 heavy (non-hydrogen) atoms. The molecule has 8 unspecified atom stereocenters. The third kappa shape index (κ3) is 26.4. The van der Waals surface area contributed by atoms with Crippen LogP contribution in [0, 0.1) is 0 Å². The molecule has 0 amide bonds. The van der Waals surface area contributed by atoms with Gasteiger partial charge in [0.15, 0.2) is 0 Å². The van der Waals surface area contributed by atoms with Crippen LogP contribution >= 0.6 is 86.4 Å². The lowest BCUT2D eigenvalue weighted by molar-refractivity contribution is -0.148.